The van der Waals surface area contributed by atoms with E-state index < -0.39 is 0 Å². The maximum absolute atomic E-state index is 4.67. The average Bonchev–Trinajstić information content (AvgIpc) is 1.66. The van der Waals surface area contributed by atoms with Crippen molar-refractivity contribution in [3.8, 4) is 0 Å². The molecule has 0 aliphatic heterocycles. The van der Waals surface area contributed by atoms with E-state index >= 15 is 0 Å². The first kappa shape index (κ1) is 7.43. The molecule has 0 amide bonds. The van der Waals surface area contributed by atoms with E-state index in [1.165, 1.54) is 0 Å². The standard InChI is InChI=1S/C5H12N2O/c1-5(2)7-6-4-8-3/h6H,4H2,1-3H3. The van der Waals surface area contributed by atoms with E-state index in [9.17, 15) is 0 Å². The largest absolute Gasteiger partial charge is 0.363 e. The van der Waals surface area contributed by atoms with Gasteiger partial charge in [0.1, 0.15) is 6.73 Å². The normalized spacial score (nSPS) is 8.38. The highest BCUT2D eigenvalue weighted by Gasteiger charge is 1.74. The zero-order valence-electron chi connectivity index (χ0n) is 5.56. The highest BCUT2D eigenvalue weighted by atomic mass is 16.5. The van der Waals surface area contributed by atoms with Crippen LogP contribution in [0.4, 0.5) is 0 Å². The van der Waals surface area contributed by atoms with Crippen molar-refractivity contribution in [2.24, 2.45) is 5.10 Å². The third-order valence-electron chi connectivity index (χ3n) is 0.512. The molecule has 0 atom stereocenters. The minimum atomic E-state index is 0.477. The van der Waals surface area contributed by atoms with Crippen LogP contribution in [0.2, 0.25) is 0 Å². The third kappa shape index (κ3) is 5.43. The van der Waals surface area contributed by atoms with Gasteiger partial charge in [0.05, 0.1) is 0 Å². The van der Waals surface area contributed by atoms with E-state index in [4.69, 9.17) is 0 Å². The molecule has 0 aromatic rings. The molecule has 0 fully saturated rings. The molecule has 0 bridgehead atoms. The van der Waals surface area contributed by atoms with E-state index in [-0.39, 0.29) is 0 Å². The van der Waals surface area contributed by atoms with Crippen molar-refractivity contribution < 1.29 is 4.74 Å². The van der Waals surface area contributed by atoms with Crippen molar-refractivity contribution in [1.29, 1.82) is 0 Å². The van der Waals surface area contributed by atoms with Crippen LogP contribution in [0.1, 0.15) is 13.8 Å². The zero-order valence-corrected chi connectivity index (χ0v) is 5.56. The molecule has 3 nitrogen and oxygen atoms in total. The molecule has 0 aliphatic rings. The summed E-state index contributed by atoms with van der Waals surface area (Å²) in [7, 11) is 1.62. The number of hydrogen-bond acceptors (Lipinski definition) is 3. The predicted molar refractivity (Wildman–Crippen MR) is 33.8 cm³/mol. The second-order valence-corrected chi connectivity index (χ2v) is 1.65. The lowest BCUT2D eigenvalue weighted by molar-refractivity contribution is 0.177. The molecule has 8 heavy (non-hydrogen) atoms. The Hall–Kier alpha value is -0.570. The van der Waals surface area contributed by atoms with E-state index in [1.807, 2.05) is 13.8 Å². The Labute approximate surface area is 49.7 Å². The molecular formula is C5H12N2O. The van der Waals surface area contributed by atoms with E-state index in [0.717, 1.165) is 5.71 Å². The summed E-state index contributed by atoms with van der Waals surface area (Å²) in [5.74, 6) is 0. The van der Waals surface area contributed by atoms with Crippen LogP contribution >= 0.6 is 0 Å². The Balaban J connectivity index is 3.03. The quantitative estimate of drug-likeness (QED) is 0.253. The van der Waals surface area contributed by atoms with Crippen molar-refractivity contribution in [2.75, 3.05) is 13.8 Å². The van der Waals surface area contributed by atoms with E-state index in [1.54, 1.807) is 7.11 Å². The van der Waals surface area contributed by atoms with Gasteiger partial charge in [-0.3, -0.25) is 5.43 Å². The summed E-state index contributed by atoms with van der Waals surface area (Å²) in [6.07, 6.45) is 0. The van der Waals surface area contributed by atoms with Gasteiger partial charge in [0.25, 0.3) is 0 Å². The Bertz CT molecular complexity index is 76.5. The van der Waals surface area contributed by atoms with Gasteiger partial charge in [0.2, 0.25) is 0 Å². The van der Waals surface area contributed by atoms with Crippen LogP contribution in [0.3, 0.4) is 0 Å². The van der Waals surface area contributed by atoms with Gasteiger partial charge in [0, 0.05) is 12.8 Å². The number of ether oxygens (including phenoxy) is 1. The van der Waals surface area contributed by atoms with Crippen molar-refractivity contribution in [3.05, 3.63) is 0 Å². The topological polar surface area (TPSA) is 33.6 Å². The Morgan fingerprint density at radius 2 is 2.25 bits per heavy atom. The predicted octanol–water partition coefficient (Wildman–Crippen LogP) is 0.576. The van der Waals surface area contributed by atoms with Gasteiger partial charge in [-0.1, -0.05) is 0 Å². The fraction of sp³-hybridized carbons (Fsp3) is 0.800. The molecule has 0 aromatic heterocycles. The number of hydrogen-bond donors (Lipinski definition) is 1. The van der Waals surface area contributed by atoms with Crippen LogP contribution in [0, 0.1) is 0 Å². The van der Waals surface area contributed by atoms with Crippen LogP contribution in [0.25, 0.3) is 0 Å². The number of nitrogens with zero attached hydrogens (tertiary/aromatic N) is 1. The van der Waals surface area contributed by atoms with Crippen LogP contribution in [-0.2, 0) is 4.74 Å². The first-order chi connectivity index (χ1) is 3.77. The maximum atomic E-state index is 4.67. The van der Waals surface area contributed by atoms with Crippen LogP contribution in [0.5, 0.6) is 0 Å². The van der Waals surface area contributed by atoms with Crippen molar-refractivity contribution in [2.45, 2.75) is 13.8 Å². The molecule has 0 spiro atoms. The average molecular weight is 116 g/mol. The first-order valence-electron chi connectivity index (χ1n) is 2.50. The summed E-state index contributed by atoms with van der Waals surface area (Å²) in [5.41, 5.74) is 3.70. The molecule has 3 heteroatoms. The smallest absolute Gasteiger partial charge is 0.131 e. The van der Waals surface area contributed by atoms with Crippen molar-refractivity contribution in [1.82, 2.24) is 5.43 Å². The number of nitrogens with one attached hydrogen (secondary N) is 1. The van der Waals surface area contributed by atoms with Crippen LogP contribution in [0.15, 0.2) is 5.10 Å². The molecule has 1 N–H and O–H groups in total. The van der Waals surface area contributed by atoms with Gasteiger partial charge >= 0.3 is 0 Å². The summed E-state index contributed by atoms with van der Waals surface area (Å²) in [5, 5.41) is 3.86. The molecule has 0 heterocycles. The minimum absolute atomic E-state index is 0.477. The lowest BCUT2D eigenvalue weighted by Gasteiger charge is -1.95. The molecule has 48 valence electrons. The highest BCUT2D eigenvalue weighted by molar-refractivity contribution is 5.78. The van der Waals surface area contributed by atoms with E-state index in [0.29, 0.717) is 6.73 Å². The Kier molecular flexibility index (Phi) is 4.26. The molecule has 0 aromatic carbocycles. The molecular weight excluding hydrogens is 104 g/mol. The third-order valence-corrected chi connectivity index (χ3v) is 0.512. The van der Waals surface area contributed by atoms with Gasteiger partial charge in [-0.25, -0.2) is 0 Å². The number of methoxy groups -OCH3 is 1. The second-order valence-electron chi connectivity index (χ2n) is 1.65. The van der Waals surface area contributed by atoms with Gasteiger partial charge in [0.15, 0.2) is 0 Å². The zero-order chi connectivity index (χ0) is 6.41. The summed E-state index contributed by atoms with van der Waals surface area (Å²) in [4.78, 5) is 0. The lowest BCUT2D eigenvalue weighted by atomic mass is 10.5. The first-order valence-corrected chi connectivity index (χ1v) is 2.50. The van der Waals surface area contributed by atoms with Crippen LogP contribution in [-0.4, -0.2) is 19.6 Å². The molecule has 0 rings (SSSR count). The minimum Gasteiger partial charge on any atom is -0.363 e. The summed E-state index contributed by atoms with van der Waals surface area (Å²) < 4.78 is 4.67. The molecule has 0 saturated carbocycles. The van der Waals surface area contributed by atoms with Crippen molar-refractivity contribution >= 4 is 5.71 Å². The molecule has 0 saturated heterocycles. The lowest BCUT2D eigenvalue weighted by Crippen LogP contribution is -2.10. The summed E-state index contributed by atoms with van der Waals surface area (Å²) in [6.45, 7) is 4.32. The monoisotopic (exact) mass is 116 g/mol. The Morgan fingerprint density at radius 1 is 1.62 bits per heavy atom. The van der Waals surface area contributed by atoms with Gasteiger partial charge in [-0.2, -0.15) is 5.10 Å². The molecule has 0 unspecified atom stereocenters. The Morgan fingerprint density at radius 3 is 2.62 bits per heavy atom. The van der Waals surface area contributed by atoms with Gasteiger partial charge < -0.3 is 4.74 Å². The summed E-state index contributed by atoms with van der Waals surface area (Å²) in [6, 6.07) is 0. The van der Waals surface area contributed by atoms with Gasteiger partial charge in [-0.05, 0) is 13.8 Å². The second kappa shape index (κ2) is 4.59. The fourth-order valence-electron chi connectivity index (χ4n) is 0.255. The fourth-order valence-corrected chi connectivity index (χ4v) is 0.255. The van der Waals surface area contributed by atoms with Gasteiger partial charge in [-0.15, -0.1) is 0 Å². The van der Waals surface area contributed by atoms with Crippen LogP contribution < -0.4 is 5.43 Å². The molecule has 0 aliphatic carbocycles. The maximum Gasteiger partial charge on any atom is 0.131 e. The van der Waals surface area contributed by atoms with Crippen molar-refractivity contribution in [3.63, 3.8) is 0 Å². The summed E-state index contributed by atoms with van der Waals surface area (Å²) >= 11 is 0. The number of rotatable bonds is 3. The van der Waals surface area contributed by atoms with E-state index in [2.05, 4.69) is 15.3 Å². The SMILES string of the molecule is COCNN=C(C)C. The molecule has 0 radical (unpaired) electrons. The number of hydrazone groups is 1. The highest BCUT2D eigenvalue weighted by Crippen LogP contribution is 1.67.